The van der Waals surface area contributed by atoms with E-state index in [1.165, 1.54) is 12.1 Å². The van der Waals surface area contributed by atoms with E-state index >= 15 is 0 Å². The molecule has 0 aliphatic rings. The van der Waals surface area contributed by atoms with Gasteiger partial charge in [0.1, 0.15) is 17.3 Å². The van der Waals surface area contributed by atoms with Crippen molar-refractivity contribution in [1.82, 2.24) is 0 Å². The molecule has 0 amide bonds. The smallest absolute Gasteiger partial charge is 0.142 e. The van der Waals surface area contributed by atoms with E-state index in [-0.39, 0.29) is 5.82 Å². The molecule has 2 aromatic carbocycles. The highest BCUT2D eigenvalue weighted by Gasteiger charge is 2.11. The van der Waals surface area contributed by atoms with Gasteiger partial charge in [-0.25, -0.2) is 4.39 Å². The van der Waals surface area contributed by atoms with Crippen molar-refractivity contribution in [2.45, 2.75) is 0 Å². The van der Waals surface area contributed by atoms with Crippen molar-refractivity contribution in [1.29, 1.82) is 0 Å². The zero-order valence-electron chi connectivity index (χ0n) is 11.2. The Bertz CT molecular complexity index is 555. The molecule has 0 N–H and O–H groups in total. The van der Waals surface area contributed by atoms with Crippen LogP contribution in [0.15, 0.2) is 42.5 Å². The largest absolute Gasteiger partial charge is 0.497 e. The second-order valence-electron chi connectivity index (χ2n) is 4.07. The fourth-order valence-electron chi connectivity index (χ4n) is 1.87. The van der Waals surface area contributed by atoms with E-state index in [0.717, 1.165) is 11.4 Å². The van der Waals surface area contributed by atoms with Crippen molar-refractivity contribution in [3.05, 3.63) is 48.3 Å². The lowest BCUT2D eigenvalue weighted by molar-refractivity contribution is 0.414. The van der Waals surface area contributed by atoms with Crippen molar-refractivity contribution in [2.75, 3.05) is 26.2 Å². The normalized spacial score (nSPS) is 10.1. The molecule has 19 heavy (non-hydrogen) atoms. The minimum Gasteiger partial charge on any atom is -0.497 e. The van der Waals surface area contributed by atoms with Crippen molar-refractivity contribution in [3.63, 3.8) is 0 Å². The SMILES string of the molecule is COc1ccc(N(C)c2cc(F)ccc2OC)cc1. The van der Waals surface area contributed by atoms with Crippen molar-refractivity contribution in [2.24, 2.45) is 0 Å². The second-order valence-corrected chi connectivity index (χ2v) is 4.07. The van der Waals surface area contributed by atoms with E-state index in [9.17, 15) is 4.39 Å². The maximum Gasteiger partial charge on any atom is 0.142 e. The number of ether oxygens (including phenoxy) is 2. The first-order valence-electron chi connectivity index (χ1n) is 5.87. The molecule has 0 saturated carbocycles. The van der Waals surface area contributed by atoms with Crippen LogP contribution in [0.4, 0.5) is 15.8 Å². The van der Waals surface area contributed by atoms with Gasteiger partial charge >= 0.3 is 0 Å². The topological polar surface area (TPSA) is 21.7 Å². The summed E-state index contributed by atoms with van der Waals surface area (Å²) in [7, 11) is 5.05. The first-order valence-corrected chi connectivity index (χ1v) is 5.87. The maximum atomic E-state index is 13.4. The number of methoxy groups -OCH3 is 2. The summed E-state index contributed by atoms with van der Waals surface area (Å²) in [6.07, 6.45) is 0. The van der Waals surface area contributed by atoms with Crippen LogP contribution in [0, 0.1) is 5.82 Å². The van der Waals surface area contributed by atoms with Crippen LogP contribution in [0.1, 0.15) is 0 Å². The third-order valence-corrected chi connectivity index (χ3v) is 2.96. The zero-order chi connectivity index (χ0) is 13.8. The Labute approximate surface area is 112 Å². The van der Waals surface area contributed by atoms with Gasteiger partial charge in [-0.3, -0.25) is 0 Å². The number of anilines is 2. The molecular formula is C15H16FNO2. The molecule has 2 rings (SSSR count). The van der Waals surface area contributed by atoms with E-state index in [1.54, 1.807) is 20.3 Å². The predicted molar refractivity (Wildman–Crippen MR) is 74.0 cm³/mol. The Kier molecular flexibility index (Phi) is 3.90. The highest BCUT2D eigenvalue weighted by Crippen LogP contribution is 2.33. The minimum absolute atomic E-state index is 0.295. The number of halogens is 1. The summed E-state index contributed by atoms with van der Waals surface area (Å²) in [6.45, 7) is 0. The van der Waals surface area contributed by atoms with Crippen molar-refractivity contribution in [3.8, 4) is 11.5 Å². The fraction of sp³-hybridized carbons (Fsp3) is 0.200. The molecule has 0 fully saturated rings. The van der Waals surface area contributed by atoms with E-state index in [2.05, 4.69) is 0 Å². The van der Waals surface area contributed by atoms with E-state index in [0.29, 0.717) is 11.4 Å². The average Bonchev–Trinajstić information content (AvgIpc) is 2.46. The third kappa shape index (κ3) is 2.78. The molecule has 0 aromatic heterocycles. The standard InChI is InChI=1S/C15H16FNO2/c1-17(12-5-7-13(18-2)8-6-12)14-10-11(16)4-9-15(14)19-3/h4-10H,1-3H3. The summed E-state index contributed by atoms with van der Waals surface area (Å²) in [6, 6.07) is 12.0. The van der Waals surface area contributed by atoms with Gasteiger partial charge in [0.05, 0.1) is 19.9 Å². The van der Waals surface area contributed by atoms with E-state index in [4.69, 9.17) is 9.47 Å². The number of benzene rings is 2. The summed E-state index contributed by atoms with van der Waals surface area (Å²) in [4.78, 5) is 1.86. The van der Waals surface area contributed by atoms with Crippen LogP contribution < -0.4 is 14.4 Å². The van der Waals surface area contributed by atoms with Crippen LogP contribution in [0.25, 0.3) is 0 Å². The molecular weight excluding hydrogens is 245 g/mol. The Balaban J connectivity index is 2.36. The lowest BCUT2D eigenvalue weighted by Crippen LogP contribution is -2.11. The van der Waals surface area contributed by atoms with Crippen molar-refractivity contribution < 1.29 is 13.9 Å². The number of rotatable bonds is 4. The van der Waals surface area contributed by atoms with Crippen LogP contribution >= 0.6 is 0 Å². The molecule has 0 heterocycles. The van der Waals surface area contributed by atoms with Crippen LogP contribution in [0.2, 0.25) is 0 Å². The third-order valence-electron chi connectivity index (χ3n) is 2.96. The number of hydrogen-bond acceptors (Lipinski definition) is 3. The Morgan fingerprint density at radius 3 is 2.21 bits per heavy atom. The van der Waals surface area contributed by atoms with Crippen LogP contribution in [-0.2, 0) is 0 Å². The van der Waals surface area contributed by atoms with Crippen LogP contribution in [-0.4, -0.2) is 21.3 Å². The van der Waals surface area contributed by atoms with Crippen LogP contribution in [0.3, 0.4) is 0 Å². The monoisotopic (exact) mass is 261 g/mol. The molecule has 100 valence electrons. The minimum atomic E-state index is -0.295. The highest BCUT2D eigenvalue weighted by molar-refractivity contribution is 5.69. The van der Waals surface area contributed by atoms with Gasteiger partial charge in [-0.1, -0.05) is 0 Å². The first kappa shape index (κ1) is 13.2. The molecule has 0 unspecified atom stereocenters. The van der Waals surface area contributed by atoms with Gasteiger partial charge in [-0.15, -0.1) is 0 Å². The fourth-order valence-corrected chi connectivity index (χ4v) is 1.87. The Morgan fingerprint density at radius 2 is 1.63 bits per heavy atom. The Morgan fingerprint density at radius 1 is 0.947 bits per heavy atom. The summed E-state index contributed by atoms with van der Waals surface area (Å²) >= 11 is 0. The number of hydrogen-bond donors (Lipinski definition) is 0. The lowest BCUT2D eigenvalue weighted by atomic mass is 10.2. The van der Waals surface area contributed by atoms with E-state index in [1.807, 2.05) is 36.2 Å². The van der Waals surface area contributed by atoms with Gasteiger partial charge in [0.2, 0.25) is 0 Å². The van der Waals surface area contributed by atoms with Gasteiger partial charge < -0.3 is 14.4 Å². The van der Waals surface area contributed by atoms with Crippen LogP contribution in [0.5, 0.6) is 11.5 Å². The second kappa shape index (κ2) is 5.61. The van der Waals surface area contributed by atoms with Gasteiger partial charge in [0, 0.05) is 18.8 Å². The first-order chi connectivity index (χ1) is 9.15. The quantitative estimate of drug-likeness (QED) is 0.839. The molecule has 0 spiro atoms. The molecule has 0 radical (unpaired) electrons. The van der Waals surface area contributed by atoms with Gasteiger partial charge in [-0.2, -0.15) is 0 Å². The molecule has 0 aliphatic heterocycles. The lowest BCUT2D eigenvalue weighted by Gasteiger charge is -2.22. The molecule has 0 atom stereocenters. The highest BCUT2D eigenvalue weighted by atomic mass is 19.1. The number of nitrogens with zero attached hydrogens (tertiary/aromatic N) is 1. The molecule has 4 heteroatoms. The zero-order valence-corrected chi connectivity index (χ0v) is 11.2. The molecule has 0 bridgehead atoms. The van der Waals surface area contributed by atoms with Gasteiger partial charge in [0.25, 0.3) is 0 Å². The van der Waals surface area contributed by atoms with Gasteiger partial charge in [0.15, 0.2) is 0 Å². The molecule has 0 aliphatic carbocycles. The molecule has 0 saturated heterocycles. The molecule has 3 nitrogen and oxygen atoms in total. The summed E-state index contributed by atoms with van der Waals surface area (Å²) < 4.78 is 23.7. The van der Waals surface area contributed by atoms with Gasteiger partial charge in [-0.05, 0) is 36.4 Å². The summed E-state index contributed by atoms with van der Waals surface area (Å²) in [5, 5.41) is 0. The maximum absolute atomic E-state index is 13.4. The molecule has 2 aromatic rings. The van der Waals surface area contributed by atoms with E-state index < -0.39 is 0 Å². The summed E-state index contributed by atoms with van der Waals surface area (Å²) in [5.74, 6) is 1.11. The average molecular weight is 261 g/mol. The summed E-state index contributed by atoms with van der Waals surface area (Å²) in [5.41, 5.74) is 1.59. The van der Waals surface area contributed by atoms with Crippen molar-refractivity contribution >= 4 is 11.4 Å². The predicted octanol–water partition coefficient (Wildman–Crippen LogP) is 3.61. The Hall–Kier alpha value is -2.23.